The normalized spacial score (nSPS) is 18.5. The van der Waals surface area contributed by atoms with Gasteiger partial charge in [-0.1, -0.05) is 6.92 Å². The smallest absolute Gasteiger partial charge is 0.218 e. The van der Waals surface area contributed by atoms with Crippen molar-refractivity contribution in [3.8, 4) is 5.88 Å². The van der Waals surface area contributed by atoms with Crippen LogP contribution in [-0.2, 0) is 16.1 Å². The van der Waals surface area contributed by atoms with E-state index < -0.39 is 0 Å². The van der Waals surface area contributed by atoms with Crippen molar-refractivity contribution in [2.24, 2.45) is 0 Å². The molecule has 1 unspecified atom stereocenters. The molecule has 0 spiro atoms. The van der Waals surface area contributed by atoms with Gasteiger partial charge < -0.3 is 19.5 Å². The first kappa shape index (κ1) is 16.0. The van der Waals surface area contributed by atoms with Crippen LogP contribution in [0.1, 0.15) is 38.4 Å². The van der Waals surface area contributed by atoms with Crippen molar-refractivity contribution >= 4 is 5.82 Å². The number of aromatic nitrogens is 2. The Labute approximate surface area is 126 Å². The number of ether oxygens (including phenoxy) is 3. The van der Waals surface area contributed by atoms with Crippen LogP contribution in [0.2, 0.25) is 0 Å². The van der Waals surface area contributed by atoms with Crippen LogP contribution in [0.3, 0.4) is 0 Å². The van der Waals surface area contributed by atoms with Gasteiger partial charge in [-0.3, -0.25) is 0 Å². The summed E-state index contributed by atoms with van der Waals surface area (Å²) in [5.41, 5.74) is 0. The minimum absolute atomic E-state index is 0.173. The summed E-state index contributed by atoms with van der Waals surface area (Å²) in [6.45, 7) is 4.72. The highest BCUT2D eigenvalue weighted by Crippen LogP contribution is 2.17. The predicted molar refractivity (Wildman–Crippen MR) is 80.6 cm³/mol. The van der Waals surface area contributed by atoms with Crippen LogP contribution < -0.4 is 10.1 Å². The SMILES string of the molecule is CCCNc1cc(OCC2CCCCO2)nc(COC)n1. The quantitative estimate of drug-likeness (QED) is 0.794. The molecule has 21 heavy (non-hydrogen) atoms. The van der Waals surface area contributed by atoms with Gasteiger partial charge in [0, 0.05) is 26.3 Å². The molecule has 1 aliphatic heterocycles. The standard InChI is InChI=1S/C15H25N3O3/c1-3-7-16-13-9-15(18-14(17-13)11-19-2)21-10-12-6-4-5-8-20-12/h9,12H,3-8,10-11H2,1-2H3,(H,16,17,18). The Morgan fingerprint density at radius 1 is 1.38 bits per heavy atom. The van der Waals surface area contributed by atoms with E-state index in [9.17, 15) is 0 Å². The number of nitrogens with zero attached hydrogens (tertiary/aromatic N) is 2. The van der Waals surface area contributed by atoms with E-state index in [1.54, 1.807) is 7.11 Å². The van der Waals surface area contributed by atoms with Crippen LogP contribution in [0.15, 0.2) is 6.07 Å². The second-order valence-corrected chi connectivity index (χ2v) is 5.17. The number of methoxy groups -OCH3 is 1. The molecule has 118 valence electrons. The van der Waals surface area contributed by atoms with Crippen LogP contribution in [0.4, 0.5) is 5.82 Å². The molecule has 6 nitrogen and oxygen atoms in total. The van der Waals surface area contributed by atoms with Crippen molar-refractivity contribution in [3.63, 3.8) is 0 Å². The fourth-order valence-corrected chi connectivity index (χ4v) is 2.20. The molecule has 1 atom stereocenters. The van der Waals surface area contributed by atoms with E-state index in [0.717, 1.165) is 38.2 Å². The minimum atomic E-state index is 0.173. The fourth-order valence-electron chi connectivity index (χ4n) is 2.20. The maximum absolute atomic E-state index is 5.78. The number of anilines is 1. The molecule has 0 aromatic carbocycles. The Morgan fingerprint density at radius 3 is 3.00 bits per heavy atom. The second kappa shape index (κ2) is 8.79. The van der Waals surface area contributed by atoms with E-state index in [2.05, 4.69) is 22.2 Å². The zero-order chi connectivity index (χ0) is 14.9. The molecule has 0 saturated carbocycles. The van der Waals surface area contributed by atoms with E-state index in [0.29, 0.717) is 24.9 Å². The predicted octanol–water partition coefficient (Wildman–Crippen LogP) is 2.39. The summed E-state index contributed by atoms with van der Waals surface area (Å²) in [6.07, 6.45) is 4.61. The van der Waals surface area contributed by atoms with Gasteiger partial charge in [-0.15, -0.1) is 0 Å². The maximum atomic E-state index is 5.78. The molecule has 0 amide bonds. The molecule has 1 saturated heterocycles. The Bertz CT molecular complexity index is 423. The van der Waals surface area contributed by atoms with Gasteiger partial charge >= 0.3 is 0 Å². The summed E-state index contributed by atoms with van der Waals surface area (Å²) in [5.74, 6) is 1.97. The van der Waals surface area contributed by atoms with Gasteiger partial charge in [-0.25, -0.2) is 4.98 Å². The molecule has 1 N–H and O–H groups in total. The van der Waals surface area contributed by atoms with Crippen molar-refractivity contribution in [1.82, 2.24) is 9.97 Å². The van der Waals surface area contributed by atoms with Gasteiger partial charge in [0.15, 0.2) is 5.82 Å². The van der Waals surface area contributed by atoms with Gasteiger partial charge in [0.25, 0.3) is 0 Å². The maximum Gasteiger partial charge on any atom is 0.218 e. The lowest BCUT2D eigenvalue weighted by atomic mass is 10.1. The molecule has 1 fully saturated rings. The third-order valence-corrected chi connectivity index (χ3v) is 3.27. The summed E-state index contributed by atoms with van der Waals surface area (Å²) in [7, 11) is 1.63. The molecule has 1 aliphatic rings. The number of hydrogen-bond donors (Lipinski definition) is 1. The number of rotatable bonds is 8. The van der Waals surface area contributed by atoms with Gasteiger partial charge in [0.05, 0.1) is 6.10 Å². The van der Waals surface area contributed by atoms with Crippen LogP contribution in [0, 0.1) is 0 Å². The van der Waals surface area contributed by atoms with E-state index in [-0.39, 0.29) is 6.10 Å². The third-order valence-electron chi connectivity index (χ3n) is 3.27. The highest BCUT2D eigenvalue weighted by atomic mass is 16.5. The van der Waals surface area contributed by atoms with Crippen LogP contribution in [0.5, 0.6) is 5.88 Å². The first-order chi connectivity index (χ1) is 10.3. The van der Waals surface area contributed by atoms with Crippen molar-refractivity contribution in [2.45, 2.75) is 45.3 Å². The molecule has 2 rings (SSSR count). The Morgan fingerprint density at radius 2 is 2.29 bits per heavy atom. The van der Waals surface area contributed by atoms with Crippen molar-refractivity contribution in [2.75, 3.05) is 32.2 Å². The Balaban J connectivity index is 1.96. The molecule has 6 heteroatoms. The van der Waals surface area contributed by atoms with Crippen molar-refractivity contribution in [3.05, 3.63) is 11.9 Å². The highest BCUT2D eigenvalue weighted by Gasteiger charge is 2.15. The average Bonchev–Trinajstić information content (AvgIpc) is 2.52. The molecule has 2 heterocycles. The van der Waals surface area contributed by atoms with Gasteiger partial charge in [-0.05, 0) is 25.7 Å². The lowest BCUT2D eigenvalue weighted by Gasteiger charge is -2.22. The summed E-state index contributed by atoms with van der Waals surface area (Å²) >= 11 is 0. The summed E-state index contributed by atoms with van der Waals surface area (Å²) in [6, 6.07) is 1.83. The zero-order valence-electron chi connectivity index (χ0n) is 12.9. The van der Waals surface area contributed by atoms with Crippen molar-refractivity contribution < 1.29 is 14.2 Å². The summed E-state index contributed by atoms with van der Waals surface area (Å²) < 4.78 is 16.5. The van der Waals surface area contributed by atoms with E-state index >= 15 is 0 Å². The van der Waals surface area contributed by atoms with Gasteiger partial charge in [0.2, 0.25) is 5.88 Å². The Hall–Kier alpha value is -1.40. The summed E-state index contributed by atoms with van der Waals surface area (Å²) in [4.78, 5) is 8.76. The lowest BCUT2D eigenvalue weighted by Crippen LogP contribution is -2.26. The molecular formula is C15H25N3O3. The summed E-state index contributed by atoms with van der Waals surface area (Å²) in [5, 5.41) is 3.25. The first-order valence-electron chi connectivity index (χ1n) is 7.67. The van der Waals surface area contributed by atoms with Crippen LogP contribution >= 0.6 is 0 Å². The monoisotopic (exact) mass is 295 g/mol. The average molecular weight is 295 g/mol. The fraction of sp³-hybridized carbons (Fsp3) is 0.733. The van der Waals surface area contributed by atoms with E-state index in [4.69, 9.17) is 14.2 Å². The van der Waals surface area contributed by atoms with Gasteiger partial charge in [0.1, 0.15) is 19.0 Å². The first-order valence-corrected chi connectivity index (χ1v) is 7.67. The zero-order valence-corrected chi connectivity index (χ0v) is 12.9. The molecule has 1 aromatic rings. The molecule has 0 bridgehead atoms. The molecule has 0 radical (unpaired) electrons. The lowest BCUT2D eigenvalue weighted by molar-refractivity contribution is -0.0120. The van der Waals surface area contributed by atoms with Crippen LogP contribution in [0.25, 0.3) is 0 Å². The number of hydrogen-bond acceptors (Lipinski definition) is 6. The second-order valence-electron chi connectivity index (χ2n) is 5.17. The third kappa shape index (κ3) is 5.47. The Kier molecular flexibility index (Phi) is 6.69. The topological polar surface area (TPSA) is 65.5 Å². The molecule has 1 aromatic heterocycles. The largest absolute Gasteiger partial charge is 0.475 e. The number of nitrogens with one attached hydrogen (secondary N) is 1. The highest BCUT2D eigenvalue weighted by molar-refractivity contribution is 5.38. The minimum Gasteiger partial charge on any atom is -0.475 e. The molecule has 0 aliphatic carbocycles. The van der Waals surface area contributed by atoms with Crippen LogP contribution in [-0.4, -0.2) is 42.9 Å². The van der Waals surface area contributed by atoms with Crippen molar-refractivity contribution in [1.29, 1.82) is 0 Å². The van der Waals surface area contributed by atoms with E-state index in [1.165, 1.54) is 6.42 Å². The van der Waals surface area contributed by atoms with Gasteiger partial charge in [-0.2, -0.15) is 4.98 Å². The van der Waals surface area contributed by atoms with E-state index in [1.807, 2.05) is 6.07 Å². The molecular weight excluding hydrogens is 270 g/mol.